The number of aryl methyl sites for hydroxylation is 2. The molecule has 0 bridgehead atoms. The summed E-state index contributed by atoms with van der Waals surface area (Å²) in [5.74, 6) is -0.951. The average molecular weight is 247 g/mol. The van der Waals surface area contributed by atoms with Crippen LogP contribution in [0, 0.1) is 13.8 Å². The predicted molar refractivity (Wildman–Crippen MR) is 68.9 cm³/mol. The molecule has 4 heteroatoms. The zero-order chi connectivity index (χ0) is 13.4. The number of carboxylic acids is 1. The smallest absolute Gasteiger partial charge is 0.304 e. The molecular formula is C14H17NO3. The summed E-state index contributed by atoms with van der Waals surface area (Å²) in [6, 6.07) is 4.00. The molecule has 1 N–H and O–H groups in total. The van der Waals surface area contributed by atoms with Crippen LogP contribution >= 0.6 is 0 Å². The Bertz CT molecular complexity index is 522. The van der Waals surface area contributed by atoms with Gasteiger partial charge in [0, 0.05) is 25.1 Å². The molecular weight excluding hydrogens is 230 g/mol. The molecule has 1 unspecified atom stereocenters. The van der Waals surface area contributed by atoms with E-state index in [2.05, 4.69) is 0 Å². The number of benzene rings is 1. The van der Waals surface area contributed by atoms with Gasteiger partial charge in [0.2, 0.25) is 5.91 Å². The highest BCUT2D eigenvalue weighted by Crippen LogP contribution is 2.40. The van der Waals surface area contributed by atoms with E-state index in [1.54, 1.807) is 4.90 Å². The first kappa shape index (κ1) is 12.6. The number of carboxylic acid groups (broad SMARTS) is 1. The fraction of sp³-hybridized carbons (Fsp3) is 0.429. The van der Waals surface area contributed by atoms with Gasteiger partial charge in [0.25, 0.3) is 0 Å². The summed E-state index contributed by atoms with van der Waals surface area (Å²) >= 11 is 0. The summed E-state index contributed by atoms with van der Waals surface area (Å²) in [5.41, 5.74) is 4.05. The molecule has 96 valence electrons. The molecule has 0 aliphatic carbocycles. The van der Waals surface area contributed by atoms with Gasteiger partial charge in [-0.15, -0.1) is 0 Å². The first-order chi connectivity index (χ1) is 8.40. The Morgan fingerprint density at radius 3 is 2.61 bits per heavy atom. The van der Waals surface area contributed by atoms with Crippen LogP contribution in [0.2, 0.25) is 0 Å². The lowest BCUT2D eigenvalue weighted by atomic mass is 9.93. The SMILES string of the molecule is CC(=O)N1CC(CC(=O)O)c2c(C)cc(C)cc21. The van der Waals surface area contributed by atoms with Crippen molar-refractivity contribution in [3.8, 4) is 0 Å². The Labute approximate surface area is 106 Å². The lowest BCUT2D eigenvalue weighted by Crippen LogP contribution is -2.27. The monoisotopic (exact) mass is 247 g/mol. The van der Waals surface area contributed by atoms with Crippen LogP contribution in [0.25, 0.3) is 0 Å². The van der Waals surface area contributed by atoms with Gasteiger partial charge in [-0.3, -0.25) is 9.59 Å². The maximum absolute atomic E-state index is 11.6. The molecule has 0 fully saturated rings. The maximum Gasteiger partial charge on any atom is 0.304 e. The van der Waals surface area contributed by atoms with Gasteiger partial charge in [-0.1, -0.05) is 6.07 Å². The number of hydrogen-bond donors (Lipinski definition) is 1. The zero-order valence-corrected chi connectivity index (χ0v) is 10.9. The molecule has 18 heavy (non-hydrogen) atoms. The van der Waals surface area contributed by atoms with Crippen LogP contribution in [0.4, 0.5) is 5.69 Å². The van der Waals surface area contributed by atoms with Gasteiger partial charge in [0.05, 0.1) is 6.42 Å². The largest absolute Gasteiger partial charge is 0.481 e. The van der Waals surface area contributed by atoms with Crippen LogP contribution in [0.15, 0.2) is 12.1 Å². The van der Waals surface area contributed by atoms with E-state index in [4.69, 9.17) is 5.11 Å². The average Bonchev–Trinajstić information content (AvgIpc) is 2.55. The van der Waals surface area contributed by atoms with Crippen molar-refractivity contribution in [3.05, 3.63) is 28.8 Å². The fourth-order valence-corrected chi connectivity index (χ4v) is 2.80. The number of nitrogens with zero attached hydrogens (tertiary/aromatic N) is 1. The van der Waals surface area contributed by atoms with Gasteiger partial charge in [-0.2, -0.15) is 0 Å². The van der Waals surface area contributed by atoms with Gasteiger partial charge >= 0.3 is 5.97 Å². The molecule has 1 aliphatic rings. The zero-order valence-electron chi connectivity index (χ0n) is 10.9. The van der Waals surface area contributed by atoms with Crippen molar-refractivity contribution in [2.24, 2.45) is 0 Å². The first-order valence-electron chi connectivity index (χ1n) is 6.01. The van der Waals surface area contributed by atoms with E-state index in [1.165, 1.54) is 6.92 Å². The first-order valence-corrected chi connectivity index (χ1v) is 6.01. The Kier molecular flexibility index (Phi) is 3.11. The number of amides is 1. The van der Waals surface area contributed by atoms with Gasteiger partial charge in [-0.05, 0) is 36.6 Å². The van der Waals surface area contributed by atoms with E-state index in [0.717, 1.165) is 22.4 Å². The summed E-state index contributed by atoms with van der Waals surface area (Å²) in [5, 5.41) is 8.97. The molecule has 0 saturated heterocycles. The third-order valence-corrected chi connectivity index (χ3v) is 3.41. The number of carbonyl (C=O) groups is 2. The van der Waals surface area contributed by atoms with E-state index in [1.807, 2.05) is 26.0 Å². The van der Waals surface area contributed by atoms with Crippen molar-refractivity contribution in [2.75, 3.05) is 11.4 Å². The summed E-state index contributed by atoms with van der Waals surface area (Å²) in [4.78, 5) is 24.2. The molecule has 0 saturated carbocycles. The summed E-state index contributed by atoms with van der Waals surface area (Å²) in [7, 11) is 0. The molecule has 0 spiro atoms. The minimum atomic E-state index is -0.823. The molecule has 1 heterocycles. The number of fused-ring (bicyclic) bond motifs is 1. The van der Waals surface area contributed by atoms with E-state index < -0.39 is 5.97 Å². The third-order valence-electron chi connectivity index (χ3n) is 3.41. The van der Waals surface area contributed by atoms with Crippen molar-refractivity contribution in [3.63, 3.8) is 0 Å². The second-order valence-electron chi connectivity index (χ2n) is 4.94. The molecule has 1 aliphatic heterocycles. The van der Waals surface area contributed by atoms with Crippen molar-refractivity contribution in [1.82, 2.24) is 0 Å². The van der Waals surface area contributed by atoms with Gasteiger partial charge in [0.1, 0.15) is 0 Å². The van der Waals surface area contributed by atoms with Crippen LogP contribution < -0.4 is 4.90 Å². The summed E-state index contributed by atoms with van der Waals surface area (Å²) in [6.45, 7) is 5.95. The normalized spacial score (nSPS) is 17.7. The molecule has 0 aromatic heterocycles. The van der Waals surface area contributed by atoms with Crippen LogP contribution in [0.5, 0.6) is 0 Å². The molecule has 1 aromatic rings. The standard InChI is InChI=1S/C14H17NO3/c1-8-4-9(2)14-11(6-13(17)18)7-15(10(3)16)12(14)5-8/h4-5,11H,6-7H2,1-3H3,(H,17,18). The van der Waals surface area contributed by atoms with Crippen LogP contribution in [0.3, 0.4) is 0 Å². The Balaban J connectivity index is 2.50. The minimum absolute atomic E-state index is 0.0332. The summed E-state index contributed by atoms with van der Waals surface area (Å²) in [6.07, 6.45) is 0.0701. The second-order valence-corrected chi connectivity index (χ2v) is 4.94. The Morgan fingerprint density at radius 2 is 2.06 bits per heavy atom. The number of aliphatic carboxylic acids is 1. The van der Waals surface area contributed by atoms with E-state index >= 15 is 0 Å². The number of hydrogen-bond acceptors (Lipinski definition) is 2. The third kappa shape index (κ3) is 2.10. The predicted octanol–water partition coefficient (Wildman–Crippen LogP) is 2.23. The van der Waals surface area contributed by atoms with E-state index in [-0.39, 0.29) is 18.2 Å². The summed E-state index contributed by atoms with van der Waals surface area (Å²) < 4.78 is 0. The lowest BCUT2D eigenvalue weighted by molar-refractivity contribution is -0.137. The maximum atomic E-state index is 11.6. The molecule has 1 amide bonds. The minimum Gasteiger partial charge on any atom is -0.481 e. The molecule has 1 atom stereocenters. The second kappa shape index (κ2) is 4.44. The number of carbonyl (C=O) groups excluding carboxylic acids is 1. The van der Waals surface area contributed by atoms with Gasteiger partial charge < -0.3 is 10.0 Å². The Morgan fingerprint density at radius 1 is 1.39 bits per heavy atom. The molecule has 2 rings (SSSR count). The van der Waals surface area contributed by atoms with Crippen molar-refractivity contribution in [2.45, 2.75) is 33.1 Å². The van der Waals surface area contributed by atoms with Crippen LogP contribution in [0.1, 0.15) is 36.0 Å². The lowest BCUT2D eigenvalue weighted by Gasteiger charge is -2.15. The number of anilines is 1. The van der Waals surface area contributed by atoms with Crippen LogP contribution in [-0.2, 0) is 9.59 Å². The van der Waals surface area contributed by atoms with Gasteiger partial charge in [-0.25, -0.2) is 0 Å². The quantitative estimate of drug-likeness (QED) is 0.871. The van der Waals surface area contributed by atoms with Crippen molar-refractivity contribution < 1.29 is 14.7 Å². The highest BCUT2D eigenvalue weighted by atomic mass is 16.4. The highest BCUT2D eigenvalue weighted by molar-refractivity contribution is 5.95. The fourth-order valence-electron chi connectivity index (χ4n) is 2.80. The molecule has 0 radical (unpaired) electrons. The van der Waals surface area contributed by atoms with Gasteiger partial charge in [0.15, 0.2) is 0 Å². The highest BCUT2D eigenvalue weighted by Gasteiger charge is 2.33. The van der Waals surface area contributed by atoms with Crippen molar-refractivity contribution >= 4 is 17.6 Å². The van der Waals surface area contributed by atoms with E-state index in [0.29, 0.717) is 6.54 Å². The van der Waals surface area contributed by atoms with E-state index in [9.17, 15) is 9.59 Å². The Hall–Kier alpha value is -1.84. The van der Waals surface area contributed by atoms with Crippen molar-refractivity contribution in [1.29, 1.82) is 0 Å². The molecule has 1 aromatic carbocycles. The topological polar surface area (TPSA) is 57.6 Å². The van der Waals surface area contributed by atoms with Crippen LogP contribution in [-0.4, -0.2) is 23.5 Å². The molecule has 4 nitrogen and oxygen atoms in total. The number of rotatable bonds is 2.